The van der Waals surface area contributed by atoms with Crippen molar-refractivity contribution < 1.29 is 19.8 Å². The first-order chi connectivity index (χ1) is 8.36. The molecule has 7 nitrogen and oxygen atoms in total. The molecule has 18 heavy (non-hydrogen) atoms. The third-order valence-corrected chi connectivity index (χ3v) is 2.41. The van der Waals surface area contributed by atoms with E-state index in [1.165, 1.54) is 0 Å². The number of aliphatic hydroxyl groups is 1. The second kappa shape index (κ2) is 8.71. The Morgan fingerprint density at radius 2 is 1.83 bits per heavy atom. The molecule has 0 radical (unpaired) electrons. The first-order valence-electron chi connectivity index (χ1n) is 5.92. The van der Waals surface area contributed by atoms with E-state index in [2.05, 4.69) is 10.6 Å². The van der Waals surface area contributed by atoms with Crippen LogP contribution in [0.15, 0.2) is 0 Å². The SMILES string of the molecule is CC(CCN(C)C)NC(=O)N[C@H](CCO)C(=O)O. The summed E-state index contributed by atoms with van der Waals surface area (Å²) in [5.74, 6) is -1.15. The van der Waals surface area contributed by atoms with E-state index in [1.807, 2.05) is 25.9 Å². The maximum absolute atomic E-state index is 11.5. The standard InChI is InChI=1S/C11H23N3O4/c1-8(4-6-14(2)3)12-11(18)13-9(5-7-15)10(16)17/h8-9,15H,4-7H2,1-3H3,(H,16,17)(H2,12,13,18)/t8?,9-/m1/s1. The smallest absolute Gasteiger partial charge is 0.326 e. The van der Waals surface area contributed by atoms with E-state index in [9.17, 15) is 9.59 Å². The van der Waals surface area contributed by atoms with Gasteiger partial charge in [-0.15, -0.1) is 0 Å². The Morgan fingerprint density at radius 1 is 1.22 bits per heavy atom. The fourth-order valence-electron chi connectivity index (χ4n) is 1.33. The normalized spacial score (nSPS) is 14.1. The van der Waals surface area contributed by atoms with Gasteiger partial charge >= 0.3 is 12.0 Å². The Balaban J connectivity index is 4.03. The lowest BCUT2D eigenvalue weighted by Gasteiger charge is -2.19. The lowest BCUT2D eigenvalue weighted by Crippen LogP contribution is -2.49. The van der Waals surface area contributed by atoms with Gasteiger partial charge in [0.1, 0.15) is 6.04 Å². The van der Waals surface area contributed by atoms with Gasteiger partial charge in [0.15, 0.2) is 0 Å². The Bertz CT molecular complexity index is 271. The minimum absolute atomic E-state index is 0.00513. The maximum atomic E-state index is 11.5. The Labute approximate surface area is 107 Å². The van der Waals surface area contributed by atoms with Gasteiger partial charge in [-0.05, 0) is 34.0 Å². The molecule has 0 aromatic carbocycles. The topological polar surface area (TPSA) is 102 Å². The predicted octanol–water partition coefficient (Wildman–Crippen LogP) is -0.539. The molecule has 2 atom stereocenters. The molecule has 0 rings (SSSR count). The van der Waals surface area contributed by atoms with Crippen LogP contribution >= 0.6 is 0 Å². The quantitative estimate of drug-likeness (QED) is 0.470. The van der Waals surface area contributed by atoms with Gasteiger partial charge in [-0.2, -0.15) is 0 Å². The molecular formula is C11H23N3O4. The van der Waals surface area contributed by atoms with Crippen LogP contribution in [0.3, 0.4) is 0 Å². The number of carboxylic acids is 1. The highest BCUT2D eigenvalue weighted by molar-refractivity contribution is 5.82. The van der Waals surface area contributed by atoms with Crippen molar-refractivity contribution in [1.82, 2.24) is 15.5 Å². The molecule has 0 fully saturated rings. The Hall–Kier alpha value is -1.34. The molecule has 0 aliphatic heterocycles. The minimum Gasteiger partial charge on any atom is -0.480 e. The number of amides is 2. The van der Waals surface area contributed by atoms with Crippen LogP contribution in [0.25, 0.3) is 0 Å². The van der Waals surface area contributed by atoms with Crippen molar-refractivity contribution in [2.45, 2.75) is 31.8 Å². The molecule has 0 saturated heterocycles. The molecule has 7 heteroatoms. The number of aliphatic hydroxyl groups excluding tert-OH is 1. The van der Waals surface area contributed by atoms with Crippen LogP contribution in [0.4, 0.5) is 4.79 Å². The van der Waals surface area contributed by atoms with Crippen LogP contribution in [0, 0.1) is 0 Å². The van der Waals surface area contributed by atoms with Gasteiger partial charge in [0.2, 0.25) is 0 Å². The van der Waals surface area contributed by atoms with Gasteiger partial charge in [0, 0.05) is 19.1 Å². The number of nitrogens with zero attached hydrogens (tertiary/aromatic N) is 1. The summed E-state index contributed by atoms with van der Waals surface area (Å²) < 4.78 is 0. The predicted molar refractivity (Wildman–Crippen MR) is 67.4 cm³/mol. The van der Waals surface area contributed by atoms with Crippen LogP contribution in [-0.2, 0) is 4.79 Å². The molecule has 106 valence electrons. The molecule has 2 amide bonds. The number of hydrogen-bond acceptors (Lipinski definition) is 4. The summed E-state index contributed by atoms with van der Waals surface area (Å²) in [6, 6.07) is -1.63. The summed E-state index contributed by atoms with van der Waals surface area (Å²) in [6.45, 7) is 2.40. The summed E-state index contributed by atoms with van der Waals surface area (Å²) in [7, 11) is 3.88. The molecule has 0 heterocycles. The summed E-state index contributed by atoms with van der Waals surface area (Å²) in [5, 5.41) is 22.5. The third kappa shape index (κ3) is 7.86. The van der Waals surface area contributed by atoms with Crippen molar-refractivity contribution in [3.63, 3.8) is 0 Å². The number of aliphatic carboxylic acids is 1. The number of rotatable bonds is 8. The van der Waals surface area contributed by atoms with Crippen LogP contribution in [0.2, 0.25) is 0 Å². The minimum atomic E-state index is -1.15. The maximum Gasteiger partial charge on any atom is 0.326 e. The van der Waals surface area contributed by atoms with Gasteiger partial charge in [-0.1, -0.05) is 0 Å². The monoisotopic (exact) mass is 261 g/mol. The molecule has 0 aliphatic rings. The molecule has 0 aliphatic carbocycles. The number of carbonyl (C=O) groups is 2. The van der Waals surface area contributed by atoms with E-state index in [1.54, 1.807) is 0 Å². The summed E-state index contributed by atoms with van der Waals surface area (Å²) >= 11 is 0. The van der Waals surface area contributed by atoms with Crippen molar-refractivity contribution in [2.75, 3.05) is 27.2 Å². The van der Waals surface area contributed by atoms with Crippen LogP contribution in [-0.4, -0.2) is 66.4 Å². The van der Waals surface area contributed by atoms with Crippen molar-refractivity contribution in [1.29, 1.82) is 0 Å². The zero-order valence-electron chi connectivity index (χ0n) is 11.1. The van der Waals surface area contributed by atoms with Crippen molar-refractivity contribution in [2.24, 2.45) is 0 Å². The second-order valence-electron chi connectivity index (χ2n) is 4.51. The number of carboxylic acid groups (broad SMARTS) is 1. The Morgan fingerprint density at radius 3 is 2.28 bits per heavy atom. The first kappa shape index (κ1) is 16.7. The molecular weight excluding hydrogens is 238 g/mol. The van der Waals surface area contributed by atoms with Gasteiger partial charge in [0.25, 0.3) is 0 Å². The lowest BCUT2D eigenvalue weighted by molar-refractivity contribution is -0.139. The number of urea groups is 1. The second-order valence-corrected chi connectivity index (χ2v) is 4.51. The summed E-state index contributed by atoms with van der Waals surface area (Å²) in [5.41, 5.74) is 0. The molecule has 0 aromatic rings. The van der Waals surface area contributed by atoms with E-state index in [0.717, 1.165) is 13.0 Å². The number of carbonyl (C=O) groups excluding carboxylic acids is 1. The Kier molecular flexibility index (Phi) is 8.06. The summed E-state index contributed by atoms with van der Waals surface area (Å²) in [4.78, 5) is 24.3. The van der Waals surface area contributed by atoms with E-state index in [0.29, 0.717) is 0 Å². The van der Waals surface area contributed by atoms with Crippen molar-refractivity contribution in [3.05, 3.63) is 0 Å². The zero-order chi connectivity index (χ0) is 14.1. The molecule has 1 unspecified atom stereocenters. The lowest BCUT2D eigenvalue weighted by atomic mass is 10.2. The number of hydrogen-bond donors (Lipinski definition) is 4. The molecule has 0 aromatic heterocycles. The van der Waals surface area contributed by atoms with Gasteiger partial charge < -0.3 is 25.7 Å². The van der Waals surface area contributed by atoms with E-state index in [4.69, 9.17) is 10.2 Å². The summed E-state index contributed by atoms with van der Waals surface area (Å²) in [6.07, 6.45) is 0.771. The van der Waals surface area contributed by atoms with Crippen LogP contribution in [0.1, 0.15) is 19.8 Å². The van der Waals surface area contributed by atoms with Crippen LogP contribution in [0.5, 0.6) is 0 Å². The fourth-order valence-corrected chi connectivity index (χ4v) is 1.33. The van der Waals surface area contributed by atoms with Crippen molar-refractivity contribution in [3.8, 4) is 0 Å². The van der Waals surface area contributed by atoms with Gasteiger partial charge in [0.05, 0.1) is 0 Å². The largest absolute Gasteiger partial charge is 0.480 e. The molecule has 4 N–H and O–H groups in total. The van der Waals surface area contributed by atoms with Crippen molar-refractivity contribution >= 4 is 12.0 Å². The first-order valence-corrected chi connectivity index (χ1v) is 5.92. The highest BCUT2D eigenvalue weighted by Crippen LogP contribution is 1.94. The van der Waals surface area contributed by atoms with E-state index >= 15 is 0 Å². The van der Waals surface area contributed by atoms with Crippen LogP contribution < -0.4 is 10.6 Å². The van der Waals surface area contributed by atoms with Gasteiger partial charge in [-0.25, -0.2) is 9.59 Å². The third-order valence-electron chi connectivity index (χ3n) is 2.41. The fraction of sp³-hybridized carbons (Fsp3) is 0.818. The molecule has 0 saturated carbocycles. The zero-order valence-corrected chi connectivity index (χ0v) is 11.1. The average Bonchev–Trinajstić information content (AvgIpc) is 2.25. The molecule has 0 spiro atoms. The average molecular weight is 261 g/mol. The van der Waals surface area contributed by atoms with E-state index < -0.39 is 18.0 Å². The molecule has 0 bridgehead atoms. The van der Waals surface area contributed by atoms with E-state index in [-0.39, 0.29) is 19.1 Å². The highest BCUT2D eigenvalue weighted by atomic mass is 16.4. The van der Waals surface area contributed by atoms with Gasteiger partial charge in [-0.3, -0.25) is 0 Å². The number of nitrogens with one attached hydrogen (secondary N) is 2. The highest BCUT2D eigenvalue weighted by Gasteiger charge is 2.19.